The van der Waals surface area contributed by atoms with Crippen LogP contribution in [0.1, 0.15) is 17.3 Å². The van der Waals surface area contributed by atoms with E-state index in [1.165, 1.54) is 6.20 Å². The fourth-order valence-electron chi connectivity index (χ4n) is 1.68. The smallest absolute Gasteiger partial charge is 0.340 e. The number of likely N-dealkylation sites (N-methyl/N-ethyl adjacent to an activating group) is 1. The Balaban J connectivity index is 2.52. The molecule has 1 aromatic rings. The molecule has 3 N–H and O–H groups in total. The number of carbonyl (C=O) groups excluding carboxylic acids is 1. The maximum absolute atomic E-state index is 11.7. The number of carbonyl (C=O) groups is 1. The maximum atomic E-state index is 11.7. The average Bonchev–Trinajstić information content (AvgIpc) is 2.47. The number of nitrogen functional groups attached to an aromatic ring is 1. The SMILES string of the molecule is CCOC(=O)c1cc(NCCN(C)CCOC)ncc1N. The number of pyridine rings is 1. The van der Waals surface area contributed by atoms with E-state index in [1.54, 1.807) is 20.1 Å². The van der Waals surface area contributed by atoms with Crippen LogP contribution in [0.2, 0.25) is 0 Å². The second-order valence-electron chi connectivity index (χ2n) is 4.60. The Labute approximate surface area is 125 Å². The zero-order valence-electron chi connectivity index (χ0n) is 12.9. The molecule has 0 amide bonds. The van der Waals surface area contributed by atoms with Crippen molar-refractivity contribution in [2.75, 3.05) is 58.1 Å². The molecular weight excluding hydrogens is 272 g/mol. The molecule has 1 rings (SSSR count). The van der Waals surface area contributed by atoms with Gasteiger partial charge in [0.05, 0.1) is 30.7 Å². The summed E-state index contributed by atoms with van der Waals surface area (Å²) in [7, 11) is 3.70. The molecule has 0 saturated heterocycles. The van der Waals surface area contributed by atoms with Gasteiger partial charge in [-0.1, -0.05) is 0 Å². The van der Waals surface area contributed by atoms with Crippen molar-refractivity contribution in [3.63, 3.8) is 0 Å². The first kappa shape index (κ1) is 17.2. The lowest BCUT2D eigenvalue weighted by atomic mass is 10.2. The Morgan fingerprint density at radius 1 is 1.48 bits per heavy atom. The van der Waals surface area contributed by atoms with E-state index in [1.807, 2.05) is 7.05 Å². The van der Waals surface area contributed by atoms with Crippen LogP contribution < -0.4 is 11.1 Å². The second kappa shape index (κ2) is 9.15. The summed E-state index contributed by atoms with van der Waals surface area (Å²) in [5.41, 5.74) is 6.39. The number of nitrogens with one attached hydrogen (secondary N) is 1. The van der Waals surface area contributed by atoms with Crippen molar-refractivity contribution >= 4 is 17.5 Å². The highest BCUT2D eigenvalue weighted by atomic mass is 16.5. The second-order valence-corrected chi connectivity index (χ2v) is 4.60. The summed E-state index contributed by atoms with van der Waals surface area (Å²) in [4.78, 5) is 18.0. The van der Waals surface area contributed by atoms with E-state index in [9.17, 15) is 4.79 Å². The van der Waals surface area contributed by atoms with E-state index in [2.05, 4.69) is 15.2 Å². The molecule has 7 heteroatoms. The summed E-state index contributed by atoms with van der Waals surface area (Å²) in [5.74, 6) is 0.171. The van der Waals surface area contributed by atoms with Crippen molar-refractivity contribution < 1.29 is 14.3 Å². The van der Waals surface area contributed by atoms with E-state index < -0.39 is 5.97 Å². The van der Waals surface area contributed by atoms with Gasteiger partial charge in [0.25, 0.3) is 0 Å². The fourth-order valence-corrected chi connectivity index (χ4v) is 1.68. The highest BCUT2D eigenvalue weighted by Crippen LogP contribution is 2.15. The topological polar surface area (TPSA) is 89.7 Å². The number of hydrogen-bond donors (Lipinski definition) is 2. The molecule has 7 nitrogen and oxygen atoms in total. The molecule has 0 atom stereocenters. The molecule has 0 aliphatic carbocycles. The highest BCUT2D eigenvalue weighted by Gasteiger charge is 2.12. The number of methoxy groups -OCH3 is 1. The molecule has 0 radical (unpaired) electrons. The predicted octanol–water partition coefficient (Wildman–Crippen LogP) is 0.831. The van der Waals surface area contributed by atoms with Gasteiger partial charge in [-0.05, 0) is 20.0 Å². The van der Waals surface area contributed by atoms with Gasteiger partial charge in [0.1, 0.15) is 5.82 Å². The summed E-state index contributed by atoms with van der Waals surface area (Å²) in [5, 5.41) is 3.16. The molecule has 21 heavy (non-hydrogen) atoms. The Hall–Kier alpha value is -1.86. The van der Waals surface area contributed by atoms with E-state index >= 15 is 0 Å². The molecular formula is C14H24N4O3. The number of hydrogen-bond acceptors (Lipinski definition) is 7. The first-order chi connectivity index (χ1) is 10.1. The minimum atomic E-state index is -0.433. The Morgan fingerprint density at radius 3 is 2.90 bits per heavy atom. The van der Waals surface area contributed by atoms with Crippen molar-refractivity contribution in [3.8, 4) is 0 Å². The van der Waals surface area contributed by atoms with E-state index in [0.29, 0.717) is 36.8 Å². The molecule has 0 aliphatic heterocycles. The minimum absolute atomic E-state index is 0.313. The van der Waals surface area contributed by atoms with Crippen LogP contribution in [0.3, 0.4) is 0 Å². The lowest BCUT2D eigenvalue weighted by molar-refractivity contribution is 0.0527. The van der Waals surface area contributed by atoms with Crippen molar-refractivity contribution in [2.45, 2.75) is 6.92 Å². The third-order valence-electron chi connectivity index (χ3n) is 2.91. The monoisotopic (exact) mass is 296 g/mol. The molecule has 0 bridgehead atoms. The van der Waals surface area contributed by atoms with Gasteiger partial charge in [-0.2, -0.15) is 0 Å². The van der Waals surface area contributed by atoms with Gasteiger partial charge in [-0.3, -0.25) is 0 Å². The Bertz CT molecular complexity index is 454. The molecule has 0 unspecified atom stereocenters. The number of nitrogens with two attached hydrogens (primary N) is 1. The Kier molecular flexibility index (Phi) is 7.49. The third kappa shape index (κ3) is 5.97. The molecule has 1 heterocycles. The van der Waals surface area contributed by atoms with Gasteiger partial charge < -0.3 is 25.4 Å². The van der Waals surface area contributed by atoms with Gasteiger partial charge in [0.2, 0.25) is 0 Å². The lowest BCUT2D eigenvalue weighted by Crippen LogP contribution is -2.28. The first-order valence-corrected chi connectivity index (χ1v) is 6.92. The van der Waals surface area contributed by atoms with Gasteiger partial charge >= 0.3 is 5.97 Å². The Morgan fingerprint density at radius 2 is 2.24 bits per heavy atom. The normalized spacial score (nSPS) is 10.7. The maximum Gasteiger partial charge on any atom is 0.340 e. The largest absolute Gasteiger partial charge is 0.462 e. The van der Waals surface area contributed by atoms with Crippen LogP contribution in [-0.4, -0.2) is 62.9 Å². The molecule has 0 saturated carbocycles. The number of aromatic nitrogens is 1. The fraction of sp³-hybridized carbons (Fsp3) is 0.571. The van der Waals surface area contributed by atoms with Crippen molar-refractivity contribution in [1.82, 2.24) is 9.88 Å². The summed E-state index contributed by atoms with van der Waals surface area (Å²) in [6.45, 7) is 5.17. The van der Waals surface area contributed by atoms with Gasteiger partial charge in [-0.15, -0.1) is 0 Å². The van der Waals surface area contributed by atoms with Crippen LogP contribution in [0, 0.1) is 0 Å². The molecule has 118 valence electrons. The number of esters is 1. The summed E-state index contributed by atoms with van der Waals surface area (Å²) >= 11 is 0. The van der Waals surface area contributed by atoms with Gasteiger partial charge in [0, 0.05) is 26.7 Å². The van der Waals surface area contributed by atoms with Crippen molar-refractivity contribution in [1.29, 1.82) is 0 Å². The number of nitrogens with zero attached hydrogens (tertiary/aromatic N) is 2. The summed E-state index contributed by atoms with van der Waals surface area (Å²) in [6.07, 6.45) is 1.46. The zero-order valence-corrected chi connectivity index (χ0v) is 12.9. The molecule has 0 fully saturated rings. The van der Waals surface area contributed by atoms with Crippen LogP contribution in [0.25, 0.3) is 0 Å². The van der Waals surface area contributed by atoms with Gasteiger partial charge in [-0.25, -0.2) is 9.78 Å². The molecule has 0 aromatic carbocycles. The quantitative estimate of drug-likeness (QED) is 0.652. The summed E-state index contributed by atoms with van der Waals surface area (Å²) in [6, 6.07) is 1.61. The van der Waals surface area contributed by atoms with E-state index in [4.69, 9.17) is 15.2 Å². The number of rotatable bonds is 9. The molecule has 1 aromatic heterocycles. The third-order valence-corrected chi connectivity index (χ3v) is 2.91. The van der Waals surface area contributed by atoms with Crippen molar-refractivity contribution in [3.05, 3.63) is 17.8 Å². The minimum Gasteiger partial charge on any atom is -0.462 e. The van der Waals surface area contributed by atoms with Crippen LogP contribution in [-0.2, 0) is 9.47 Å². The van der Waals surface area contributed by atoms with Crippen LogP contribution in [0.15, 0.2) is 12.3 Å². The predicted molar refractivity (Wildman–Crippen MR) is 82.5 cm³/mol. The first-order valence-electron chi connectivity index (χ1n) is 6.92. The van der Waals surface area contributed by atoms with Crippen LogP contribution in [0.5, 0.6) is 0 Å². The van der Waals surface area contributed by atoms with Crippen molar-refractivity contribution in [2.24, 2.45) is 0 Å². The van der Waals surface area contributed by atoms with Crippen LogP contribution in [0.4, 0.5) is 11.5 Å². The molecule has 0 spiro atoms. The number of ether oxygens (including phenoxy) is 2. The highest BCUT2D eigenvalue weighted by molar-refractivity contribution is 5.95. The van der Waals surface area contributed by atoms with E-state index in [-0.39, 0.29) is 0 Å². The zero-order chi connectivity index (χ0) is 15.7. The van der Waals surface area contributed by atoms with E-state index in [0.717, 1.165) is 13.1 Å². The number of anilines is 2. The molecule has 0 aliphatic rings. The standard InChI is InChI=1S/C14H24N4O3/c1-4-21-14(19)11-9-13(17-10-12(11)15)16-5-6-18(2)7-8-20-3/h9-10H,4-8,15H2,1-3H3,(H,16,17). The average molecular weight is 296 g/mol. The lowest BCUT2D eigenvalue weighted by Gasteiger charge is -2.16. The van der Waals surface area contributed by atoms with Crippen LogP contribution >= 0.6 is 0 Å². The summed E-state index contributed by atoms with van der Waals surface area (Å²) < 4.78 is 9.97. The van der Waals surface area contributed by atoms with Gasteiger partial charge in [0.15, 0.2) is 0 Å².